The molecular formula is C28H29NO3. The highest BCUT2D eigenvalue weighted by Crippen LogP contribution is 2.25. The van der Waals surface area contributed by atoms with Crippen LogP contribution in [0.3, 0.4) is 0 Å². The highest BCUT2D eigenvalue weighted by Gasteiger charge is 2.25. The number of nitrogens with zero attached hydrogens (tertiary/aromatic N) is 1. The fourth-order valence-electron chi connectivity index (χ4n) is 4.01. The highest BCUT2D eigenvalue weighted by molar-refractivity contribution is 5.83. The standard InChI is InChI=1S/C28H29NO3/c1-2-31-28(30)26(25-14-13-24-16-18-32-27(24)19-25)21-29(20-23-11-7-4-8-12-23)17-15-22-9-5-3-6-10-22/h3-14,16,18-19,26H,2,15,17,20-21H2,1H3/t26-/m0/s1. The van der Waals surface area contributed by atoms with Crippen molar-refractivity contribution in [1.29, 1.82) is 0 Å². The van der Waals surface area contributed by atoms with Crippen molar-refractivity contribution in [2.24, 2.45) is 0 Å². The van der Waals surface area contributed by atoms with E-state index in [-0.39, 0.29) is 11.9 Å². The minimum absolute atomic E-state index is 0.198. The van der Waals surface area contributed by atoms with Crippen LogP contribution < -0.4 is 0 Å². The topological polar surface area (TPSA) is 42.7 Å². The van der Waals surface area contributed by atoms with Gasteiger partial charge in [0.15, 0.2) is 0 Å². The van der Waals surface area contributed by atoms with E-state index in [0.29, 0.717) is 13.2 Å². The average Bonchev–Trinajstić information content (AvgIpc) is 3.30. The van der Waals surface area contributed by atoms with Gasteiger partial charge in [0.1, 0.15) is 5.58 Å². The number of carbonyl (C=O) groups excluding carboxylic acids is 1. The van der Waals surface area contributed by atoms with E-state index in [9.17, 15) is 4.79 Å². The zero-order chi connectivity index (χ0) is 22.2. The molecule has 0 saturated heterocycles. The lowest BCUT2D eigenvalue weighted by Crippen LogP contribution is -2.34. The summed E-state index contributed by atoms with van der Waals surface area (Å²) in [6, 6.07) is 28.8. The van der Waals surface area contributed by atoms with Crippen molar-refractivity contribution >= 4 is 16.9 Å². The Morgan fingerprint density at radius 1 is 0.938 bits per heavy atom. The SMILES string of the molecule is CCOC(=O)[C@@H](CN(CCc1ccccc1)Cc1ccccc1)c1ccc2ccoc2c1. The molecule has 0 N–H and O–H groups in total. The first-order valence-corrected chi connectivity index (χ1v) is 11.2. The van der Waals surface area contributed by atoms with E-state index in [0.717, 1.165) is 36.0 Å². The summed E-state index contributed by atoms with van der Waals surface area (Å²) >= 11 is 0. The lowest BCUT2D eigenvalue weighted by Gasteiger charge is -2.27. The number of fused-ring (bicyclic) bond motifs is 1. The van der Waals surface area contributed by atoms with Crippen molar-refractivity contribution in [3.8, 4) is 0 Å². The summed E-state index contributed by atoms with van der Waals surface area (Å²) in [5.74, 6) is -0.583. The molecule has 0 spiro atoms. The first kappa shape index (κ1) is 21.8. The molecule has 0 aliphatic rings. The van der Waals surface area contributed by atoms with Crippen LogP contribution in [0.5, 0.6) is 0 Å². The van der Waals surface area contributed by atoms with Gasteiger partial charge in [-0.05, 0) is 42.2 Å². The number of carbonyl (C=O) groups is 1. The van der Waals surface area contributed by atoms with Crippen molar-refractivity contribution in [2.75, 3.05) is 19.7 Å². The van der Waals surface area contributed by atoms with Gasteiger partial charge < -0.3 is 9.15 Å². The van der Waals surface area contributed by atoms with Crippen LogP contribution in [-0.4, -0.2) is 30.6 Å². The molecule has 3 aromatic carbocycles. The van der Waals surface area contributed by atoms with Crippen LogP contribution in [0.1, 0.15) is 29.5 Å². The van der Waals surface area contributed by atoms with Gasteiger partial charge in [0.25, 0.3) is 0 Å². The molecule has 0 unspecified atom stereocenters. The summed E-state index contributed by atoms with van der Waals surface area (Å²) in [6.07, 6.45) is 2.59. The Balaban J connectivity index is 1.59. The molecular weight excluding hydrogens is 398 g/mol. The molecule has 0 saturated carbocycles. The Bertz CT molecular complexity index is 1120. The Kier molecular flexibility index (Phi) is 7.36. The number of benzene rings is 3. The molecule has 0 bridgehead atoms. The van der Waals surface area contributed by atoms with E-state index in [4.69, 9.17) is 9.15 Å². The number of hydrogen-bond acceptors (Lipinski definition) is 4. The van der Waals surface area contributed by atoms with Crippen LogP contribution in [0.4, 0.5) is 0 Å². The number of hydrogen-bond donors (Lipinski definition) is 0. The summed E-state index contributed by atoms with van der Waals surface area (Å²) in [6.45, 7) is 4.40. The van der Waals surface area contributed by atoms with Gasteiger partial charge in [-0.15, -0.1) is 0 Å². The smallest absolute Gasteiger partial charge is 0.314 e. The second kappa shape index (κ2) is 10.8. The summed E-state index contributed by atoms with van der Waals surface area (Å²) in [4.78, 5) is 15.3. The molecule has 0 amide bonds. The van der Waals surface area contributed by atoms with Gasteiger partial charge in [-0.25, -0.2) is 0 Å². The Hall–Kier alpha value is -3.37. The number of furan rings is 1. The lowest BCUT2D eigenvalue weighted by atomic mass is 9.97. The second-order valence-corrected chi connectivity index (χ2v) is 7.98. The molecule has 0 aliphatic heterocycles. The monoisotopic (exact) mass is 427 g/mol. The first-order chi connectivity index (χ1) is 15.7. The van der Waals surface area contributed by atoms with E-state index in [1.165, 1.54) is 11.1 Å². The van der Waals surface area contributed by atoms with Crippen LogP contribution in [-0.2, 0) is 22.5 Å². The van der Waals surface area contributed by atoms with Crippen LogP contribution in [0.15, 0.2) is 95.6 Å². The number of ether oxygens (including phenoxy) is 1. The molecule has 0 fully saturated rings. The van der Waals surface area contributed by atoms with E-state index in [1.54, 1.807) is 6.26 Å². The summed E-state index contributed by atoms with van der Waals surface area (Å²) < 4.78 is 11.1. The van der Waals surface area contributed by atoms with Crippen LogP contribution in [0.2, 0.25) is 0 Å². The van der Waals surface area contributed by atoms with Gasteiger partial charge in [-0.3, -0.25) is 9.69 Å². The van der Waals surface area contributed by atoms with Crippen LogP contribution in [0, 0.1) is 0 Å². The van der Waals surface area contributed by atoms with E-state index < -0.39 is 0 Å². The average molecular weight is 428 g/mol. The molecule has 4 nitrogen and oxygen atoms in total. The molecule has 1 atom stereocenters. The first-order valence-electron chi connectivity index (χ1n) is 11.2. The zero-order valence-electron chi connectivity index (χ0n) is 18.4. The Morgan fingerprint density at radius 2 is 1.66 bits per heavy atom. The van der Waals surface area contributed by atoms with Crippen molar-refractivity contribution in [1.82, 2.24) is 4.90 Å². The van der Waals surface area contributed by atoms with Gasteiger partial charge >= 0.3 is 5.97 Å². The number of rotatable bonds is 10. The maximum atomic E-state index is 13.0. The van der Waals surface area contributed by atoms with Gasteiger partial charge in [0, 0.05) is 25.0 Å². The Labute approximate surface area is 189 Å². The summed E-state index contributed by atoms with van der Waals surface area (Å²) in [5, 5.41) is 1.03. The normalized spacial score (nSPS) is 12.2. The molecule has 1 aromatic heterocycles. The molecule has 0 radical (unpaired) electrons. The largest absolute Gasteiger partial charge is 0.465 e. The second-order valence-electron chi connectivity index (χ2n) is 7.98. The van der Waals surface area contributed by atoms with Crippen molar-refractivity contribution in [3.63, 3.8) is 0 Å². The fourth-order valence-corrected chi connectivity index (χ4v) is 4.01. The fraction of sp³-hybridized carbons (Fsp3) is 0.250. The summed E-state index contributed by atoms with van der Waals surface area (Å²) in [5.41, 5.74) is 4.22. The zero-order valence-corrected chi connectivity index (χ0v) is 18.4. The van der Waals surface area contributed by atoms with Gasteiger partial charge in [-0.2, -0.15) is 0 Å². The van der Waals surface area contributed by atoms with Gasteiger partial charge in [-0.1, -0.05) is 72.8 Å². The molecule has 1 heterocycles. The van der Waals surface area contributed by atoms with E-state index in [2.05, 4.69) is 53.4 Å². The molecule has 4 heteroatoms. The maximum absolute atomic E-state index is 13.0. The molecule has 4 aromatic rings. The van der Waals surface area contributed by atoms with Crippen molar-refractivity contribution in [3.05, 3.63) is 108 Å². The van der Waals surface area contributed by atoms with Crippen LogP contribution in [0.25, 0.3) is 11.0 Å². The molecule has 164 valence electrons. The molecule has 0 aliphatic carbocycles. The van der Waals surface area contributed by atoms with Crippen molar-refractivity contribution in [2.45, 2.75) is 25.8 Å². The molecule has 4 rings (SSSR count). The number of esters is 1. The van der Waals surface area contributed by atoms with Gasteiger partial charge in [0.2, 0.25) is 0 Å². The minimum Gasteiger partial charge on any atom is -0.465 e. The minimum atomic E-state index is -0.385. The third-order valence-corrected chi connectivity index (χ3v) is 5.70. The quantitative estimate of drug-likeness (QED) is 0.299. The predicted molar refractivity (Wildman–Crippen MR) is 127 cm³/mol. The van der Waals surface area contributed by atoms with Crippen LogP contribution >= 0.6 is 0 Å². The Morgan fingerprint density at radius 3 is 2.38 bits per heavy atom. The molecule has 32 heavy (non-hydrogen) atoms. The summed E-state index contributed by atoms with van der Waals surface area (Å²) in [7, 11) is 0. The third kappa shape index (κ3) is 5.65. The van der Waals surface area contributed by atoms with E-state index in [1.807, 2.05) is 43.3 Å². The maximum Gasteiger partial charge on any atom is 0.314 e. The third-order valence-electron chi connectivity index (χ3n) is 5.70. The lowest BCUT2D eigenvalue weighted by molar-refractivity contribution is -0.145. The van der Waals surface area contributed by atoms with Gasteiger partial charge in [0.05, 0.1) is 18.8 Å². The highest BCUT2D eigenvalue weighted by atomic mass is 16.5. The predicted octanol–water partition coefficient (Wildman–Crippen LogP) is 5.82. The van der Waals surface area contributed by atoms with Crippen molar-refractivity contribution < 1.29 is 13.9 Å². The van der Waals surface area contributed by atoms with E-state index >= 15 is 0 Å².